The number of carbonyl (C=O) groups is 1. The van der Waals surface area contributed by atoms with Crippen LogP contribution in [0.4, 0.5) is 11.4 Å². The van der Waals surface area contributed by atoms with E-state index in [2.05, 4.69) is 44.9 Å². The van der Waals surface area contributed by atoms with E-state index in [1.54, 1.807) is 0 Å². The number of fused-ring (bicyclic) bond motifs is 1. The van der Waals surface area contributed by atoms with Gasteiger partial charge in [-0.1, -0.05) is 0 Å². The molecule has 1 amide bonds. The summed E-state index contributed by atoms with van der Waals surface area (Å²) in [6.07, 6.45) is 3.30. The second-order valence-electron chi connectivity index (χ2n) is 6.72. The largest absolute Gasteiger partial charge is 0.374 e. The molecule has 2 aromatic rings. The first-order chi connectivity index (χ1) is 11.7. The molecule has 1 fully saturated rings. The topological polar surface area (TPSA) is 73.1 Å². The van der Waals surface area contributed by atoms with Gasteiger partial charge in [-0.2, -0.15) is 5.10 Å². The van der Waals surface area contributed by atoms with Crippen molar-refractivity contribution in [3.8, 4) is 0 Å². The minimum absolute atomic E-state index is 0.160. The first-order valence-corrected chi connectivity index (χ1v) is 8.62. The van der Waals surface area contributed by atoms with Gasteiger partial charge in [-0.15, -0.1) is 0 Å². The van der Waals surface area contributed by atoms with E-state index < -0.39 is 0 Å². The number of hydrogen-bond donors (Lipinski definition) is 3. The Labute approximate surface area is 141 Å². The molecule has 0 aliphatic carbocycles. The second-order valence-corrected chi connectivity index (χ2v) is 6.72. The molecule has 1 saturated heterocycles. The lowest BCUT2D eigenvalue weighted by Crippen LogP contribution is -2.24. The van der Waals surface area contributed by atoms with Gasteiger partial charge >= 0.3 is 0 Å². The molecular weight excluding hydrogens is 302 g/mol. The summed E-state index contributed by atoms with van der Waals surface area (Å²) in [5, 5.41) is 13.5. The normalized spacial score (nSPS) is 20.0. The number of aromatic amines is 1. The minimum atomic E-state index is -0.160. The van der Waals surface area contributed by atoms with Gasteiger partial charge in [0.05, 0.1) is 0 Å². The molecule has 24 heavy (non-hydrogen) atoms. The van der Waals surface area contributed by atoms with E-state index in [0.717, 1.165) is 50.3 Å². The Bertz CT molecular complexity index is 748. The molecule has 126 valence electrons. The molecule has 6 nitrogen and oxygen atoms in total. The molecule has 1 unspecified atom stereocenters. The number of hydrogen-bond acceptors (Lipinski definition) is 4. The highest BCUT2D eigenvalue weighted by Crippen LogP contribution is 2.28. The molecule has 2 aliphatic rings. The molecule has 0 radical (unpaired) electrons. The van der Waals surface area contributed by atoms with Crippen molar-refractivity contribution in [3.63, 3.8) is 0 Å². The highest BCUT2D eigenvalue weighted by molar-refractivity contribution is 6.03. The number of aryl methyl sites for hydroxylation is 1. The molecule has 4 rings (SSSR count). The lowest BCUT2D eigenvalue weighted by atomic mass is 10.0. The van der Waals surface area contributed by atoms with Crippen LogP contribution in [0.15, 0.2) is 24.3 Å². The Morgan fingerprint density at radius 3 is 3.12 bits per heavy atom. The van der Waals surface area contributed by atoms with Crippen molar-refractivity contribution in [1.82, 2.24) is 15.5 Å². The van der Waals surface area contributed by atoms with E-state index in [1.807, 2.05) is 12.1 Å². The Balaban J connectivity index is 1.48. The summed E-state index contributed by atoms with van der Waals surface area (Å²) < 4.78 is 0. The number of nitrogens with zero attached hydrogens (tertiary/aromatic N) is 2. The van der Waals surface area contributed by atoms with Crippen LogP contribution in [0.25, 0.3) is 0 Å². The fraction of sp³-hybridized carbons (Fsp3) is 0.444. The van der Waals surface area contributed by atoms with Crippen LogP contribution in [0.5, 0.6) is 0 Å². The van der Waals surface area contributed by atoms with Crippen LogP contribution < -0.4 is 15.5 Å². The number of H-pyrrole nitrogens is 1. The summed E-state index contributed by atoms with van der Waals surface area (Å²) in [6, 6.07) is 8.01. The van der Waals surface area contributed by atoms with E-state index in [-0.39, 0.29) is 5.91 Å². The van der Waals surface area contributed by atoms with E-state index in [4.69, 9.17) is 0 Å². The standard InChI is InChI=1S/C18H23N5O/c1-23-8-2-3-12-9-14(4-5-17(12)23)20-18(24)16-10-15(21-22-16)13-6-7-19-11-13/h4-5,9-10,13,19H,2-3,6-8,11H2,1H3,(H,20,24)(H,21,22). The van der Waals surface area contributed by atoms with Gasteiger partial charge in [-0.05, 0) is 55.6 Å². The molecule has 0 spiro atoms. The number of aromatic nitrogens is 2. The van der Waals surface area contributed by atoms with Gasteiger partial charge in [0.2, 0.25) is 0 Å². The van der Waals surface area contributed by atoms with Crippen molar-refractivity contribution in [1.29, 1.82) is 0 Å². The second kappa shape index (κ2) is 6.28. The first kappa shape index (κ1) is 15.2. The van der Waals surface area contributed by atoms with Crippen LogP contribution in [0.2, 0.25) is 0 Å². The van der Waals surface area contributed by atoms with Gasteiger partial charge < -0.3 is 15.5 Å². The van der Waals surface area contributed by atoms with Crippen LogP contribution >= 0.6 is 0 Å². The Kier molecular flexibility index (Phi) is 3.98. The third-order valence-corrected chi connectivity index (χ3v) is 5.02. The molecule has 0 saturated carbocycles. The molecule has 3 heterocycles. The summed E-state index contributed by atoms with van der Waals surface area (Å²) >= 11 is 0. The average molecular weight is 325 g/mol. The van der Waals surface area contributed by atoms with E-state index in [0.29, 0.717) is 11.6 Å². The van der Waals surface area contributed by atoms with Gasteiger partial charge in [0, 0.05) is 43.1 Å². The smallest absolute Gasteiger partial charge is 0.276 e. The highest BCUT2D eigenvalue weighted by Gasteiger charge is 2.21. The summed E-state index contributed by atoms with van der Waals surface area (Å²) in [6.45, 7) is 3.06. The van der Waals surface area contributed by atoms with Gasteiger partial charge in [-0.3, -0.25) is 9.89 Å². The fourth-order valence-electron chi connectivity index (χ4n) is 3.64. The fourth-order valence-corrected chi connectivity index (χ4v) is 3.64. The molecule has 0 bridgehead atoms. The molecule has 1 atom stereocenters. The number of nitrogens with one attached hydrogen (secondary N) is 3. The number of amides is 1. The average Bonchev–Trinajstić information content (AvgIpc) is 3.26. The van der Waals surface area contributed by atoms with Crippen LogP contribution in [0, 0.1) is 0 Å². The zero-order valence-corrected chi connectivity index (χ0v) is 13.9. The third kappa shape index (κ3) is 2.89. The van der Waals surface area contributed by atoms with Gasteiger partial charge in [0.15, 0.2) is 5.69 Å². The maximum atomic E-state index is 12.5. The van der Waals surface area contributed by atoms with Crippen molar-refractivity contribution >= 4 is 17.3 Å². The van der Waals surface area contributed by atoms with Crippen molar-refractivity contribution < 1.29 is 4.79 Å². The Morgan fingerprint density at radius 1 is 1.38 bits per heavy atom. The SMILES string of the molecule is CN1CCCc2cc(NC(=O)c3cc(C4CCNC4)[nH]n3)ccc21. The summed E-state index contributed by atoms with van der Waals surface area (Å²) in [5.74, 6) is 0.269. The predicted molar refractivity (Wildman–Crippen MR) is 94.8 cm³/mol. The van der Waals surface area contributed by atoms with Gasteiger partial charge in [0.25, 0.3) is 5.91 Å². The van der Waals surface area contributed by atoms with Crippen molar-refractivity contribution in [2.45, 2.75) is 25.2 Å². The van der Waals surface area contributed by atoms with E-state index >= 15 is 0 Å². The molecule has 6 heteroatoms. The zero-order chi connectivity index (χ0) is 16.5. The van der Waals surface area contributed by atoms with Crippen molar-refractivity contribution in [2.24, 2.45) is 0 Å². The number of anilines is 2. The molecule has 1 aromatic heterocycles. The molecule has 1 aromatic carbocycles. The van der Waals surface area contributed by atoms with Gasteiger partial charge in [0.1, 0.15) is 0 Å². The molecule has 2 aliphatic heterocycles. The van der Waals surface area contributed by atoms with E-state index in [9.17, 15) is 4.79 Å². The highest BCUT2D eigenvalue weighted by atomic mass is 16.1. The summed E-state index contributed by atoms with van der Waals surface area (Å²) in [4.78, 5) is 14.7. The van der Waals surface area contributed by atoms with Crippen LogP contribution in [0.3, 0.4) is 0 Å². The van der Waals surface area contributed by atoms with Crippen LogP contribution in [0.1, 0.15) is 40.5 Å². The lowest BCUT2D eigenvalue weighted by molar-refractivity contribution is 0.102. The third-order valence-electron chi connectivity index (χ3n) is 5.02. The van der Waals surface area contributed by atoms with Gasteiger partial charge in [-0.25, -0.2) is 0 Å². The monoisotopic (exact) mass is 325 g/mol. The summed E-state index contributed by atoms with van der Waals surface area (Å²) in [7, 11) is 2.11. The number of carbonyl (C=O) groups excluding carboxylic acids is 1. The Hall–Kier alpha value is -2.34. The van der Waals surface area contributed by atoms with E-state index in [1.165, 1.54) is 11.3 Å². The maximum Gasteiger partial charge on any atom is 0.276 e. The predicted octanol–water partition coefficient (Wildman–Crippen LogP) is 2.12. The Morgan fingerprint density at radius 2 is 2.29 bits per heavy atom. The number of rotatable bonds is 3. The van der Waals surface area contributed by atoms with Crippen LogP contribution in [-0.4, -0.2) is 42.8 Å². The van der Waals surface area contributed by atoms with Crippen molar-refractivity contribution in [2.75, 3.05) is 36.9 Å². The summed E-state index contributed by atoms with van der Waals surface area (Å²) in [5.41, 5.74) is 4.88. The first-order valence-electron chi connectivity index (χ1n) is 8.62. The number of benzene rings is 1. The minimum Gasteiger partial charge on any atom is -0.374 e. The molecule has 3 N–H and O–H groups in total. The maximum absolute atomic E-state index is 12.5. The molecular formula is C18H23N5O. The zero-order valence-electron chi connectivity index (χ0n) is 13.9. The quantitative estimate of drug-likeness (QED) is 0.808. The van der Waals surface area contributed by atoms with Crippen LogP contribution in [-0.2, 0) is 6.42 Å². The lowest BCUT2D eigenvalue weighted by Gasteiger charge is -2.27. The van der Waals surface area contributed by atoms with Crippen molar-refractivity contribution in [3.05, 3.63) is 41.2 Å².